The van der Waals surface area contributed by atoms with Crippen LogP contribution in [0.3, 0.4) is 0 Å². The van der Waals surface area contributed by atoms with Crippen LogP contribution >= 0.6 is 0 Å². The average Bonchev–Trinajstić information content (AvgIpc) is 2.82. The Balaban J connectivity index is 1.42. The first-order valence-electron chi connectivity index (χ1n) is 12.0. The largest absolute Gasteiger partial charge is 0.489 e. The Morgan fingerprint density at radius 2 is 2.00 bits per heavy atom. The van der Waals surface area contributed by atoms with E-state index in [1.807, 2.05) is 25.3 Å². The summed E-state index contributed by atoms with van der Waals surface area (Å²) in [6, 6.07) is 14.5. The van der Waals surface area contributed by atoms with Crippen molar-refractivity contribution in [2.75, 3.05) is 13.1 Å². The first-order chi connectivity index (χ1) is 16.4. The molecule has 0 saturated heterocycles. The molecule has 6 heteroatoms. The van der Waals surface area contributed by atoms with Crippen molar-refractivity contribution in [3.63, 3.8) is 0 Å². The highest BCUT2D eigenvalue weighted by atomic mass is 16.5. The number of carboxylic acids is 1. The molecule has 0 saturated carbocycles. The number of aliphatic carboxylic acids is 1. The molecule has 6 nitrogen and oxygen atoms in total. The highest BCUT2D eigenvalue weighted by Gasteiger charge is 2.21. The third-order valence-corrected chi connectivity index (χ3v) is 6.42. The van der Waals surface area contributed by atoms with Crippen LogP contribution in [-0.4, -0.2) is 39.0 Å². The number of hydrogen-bond acceptors (Lipinski definition) is 5. The van der Waals surface area contributed by atoms with Crippen LogP contribution < -0.4 is 4.74 Å². The zero-order valence-electron chi connectivity index (χ0n) is 20.3. The van der Waals surface area contributed by atoms with Gasteiger partial charge in [-0.15, -0.1) is 0 Å². The molecule has 1 atom stereocenters. The fraction of sp³-hybridized carbons (Fsp3) is 0.393. The SMILES string of the molecule is CCc1ccccc1COc1ccc(-c2ncc3c(n2)CCN(CC(C)CC(=O)O)C3)cc1C. The smallest absolute Gasteiger partial charge is 0.303 e. The summed E-state index contributed by atoms with van der Waals surface area (Å²) in [5.74, 6) is 0.991. The Morgan fingerprint density at radius 3 is 2.74 bits per heavy atom. The molecule has 1 aliphatic rings. The summed E-state index contributed by atoms with van der Waals surface area (Å²) < 4.78 is 6.13. The Kier molecular flexibility index (Phi) is 7.58. The van der Waals surface area contributed by atoms with E-state index in [0.717, 1.165) is 66.4 Å². The molecular weight excluding hydrogens is 426 g/mol. The van der Waals surface area contributed by atoms with E-state index >= 15 is 0 Å². The summed E-state index contributed by atoms with van der Waals surface area (Å²) in [5, 5.41) is 9.00. The van der Waals surface area contributed by atoms with Crippen LogP contribution in [0.1, 0.15) is 48.2 Å². The standard InChI is InChI=1S/C28H33N3O3/c1-4-21-7-5-6-8-23(21)18-34-26-10-9-22(14-20(26)3)28-29-15-24-17-31(12-11-25(24)30-28)16-19(2)13-27(32)33/h5-10,14-15,19H,4,11-13,16-18H2,1-3H3,(H,32,33). The zero-order valence-corrected chi connectivity index (χ0v) is 20.3. The molecule has 0 amide bonds. The van der Waals surface area contributed by atoms with E-state index in [2.05, 4.69) is 54.1 Å². The fourth-order valence-electron chi connectivity index (χ4n) is 4.62. The summed E-state index contributed by atoms with van der Waals surface area (Å²) in [5.41, 5.74) is 6.79. The van der Waals surface area contributed by atoms with Gasteiger partial charge in [-0.05, 0) is 54.2 Å². The third kappa shape index (κ3) is 5.81. The van der Waals surface area contributed by atoms with Crippen molar-refractivity contribution in [1.82, 2.24) is 14.9 Å². The number of carboxylic acid groups (broad SMARTS) is 1. The number of carbonyl (C=O) groups is 1. The van der Waals surface area contributed by atoms with E-state index in [4.69, 9.17) is 14.8 Å². The zero-order chi connectivity index (χ0) is 24.1. The summed E-state index contributed by atoms with van der Waals surface area (Å²) in [6.07, 6.45) is 3.96. The maximum absolute atomic E-state index is 10.9. The number of ether oxygens (including phenoxy) is 1. The quantitative estimate of drug-likeness (QED) is 0.482. The summed E-state index contributed by atoms with van der Waals surface area (Å²) >= 11 is 0. The van der Waals surface area contributed by atoms with Crippen LogP contribution in [0.5, 0.6) is 5.75 Å². The van der Waals surface area contributed by atoms with Gasteiger partial charge < -0.3 is 9.84 Å². The lowest BCUT2D eigenvalue weighted by molar-refractivity contribution is -0.138. The van der Waals surface area contributed by atoms with E-state index in [9.17, 15) is 4.79 Å². The van der Waals surface area contributed by atoms with E-state index in [1.54, 1.807) is 0 Å². The van der Waals surface area contributed by atoms with Crippen molar-refractivity contribution in [2.24, 2.45) is 5.92 Å². The summed E-state index contributed by atoms with van der Waals surface area (Å²) in [4.78, 5) is 22.7. The van der Waals surface area contributed by atoms with Gasteiger partial charge in [-0.25, -0.2) is 9.97 Å². The monoisotopic (exact) mass is 459 g/mol. The number of fused-ring (bicyclic) bond motifs is 1. The molecule has 0 aliphatic carbocycles. The van der Waals surface area contributed by atoms with Crippen molar-refractivity contribution < 1.29 is 14.6 Å². The molecule has 0 bridgehead atoms. The number of hydrogen-bond donors (Lipinski definition) is 1. The first kappa shape index (κ1) is 23.9. The van der Waals surface area contributed by atoms with E-state index < -0.39 is 5.97 Å². The third-order valence-electron chi connectivity index (χ3n) is 6.42. The lowest BCUT2D eigenvalue weighted by Crippen LogP contribution is -2.35. The molecule has 34 heavy (non-hydrogen) atoms. The molecule has 3 aromatic rings. The summed E-state index contributed by atoms with van der Waals surface area (Å²) in [7, 11) is 0. The highest BCUT2D eigenvalue weighted by molar-refractivity contribution is 5.67. The van der Waals surface area contributed by atoms with E-state index in [0.29, 0.717) is 6.61 Å². The Hall–Kier alpha value is -3.25. The second-order valence-electron chi connectivity index (χ2n) is 9.24. The molecule has 0 fully saturated rings. The molecule has 1 aliphatic heterocycles. The number of rotatable bonds is 9. The van der Waals surface area contributed by atoms with Gasteiger partial charge in [-0.3, -0.25) is 9.69 Å². The molecule has 0 radical (unpaired) electrons. The lowest BCUT2D eigenvalue weighted by Gasteiger charge is -2.29. The van der Waals surface area contributed by atoms with Gasteiger partial charge in [0.25, 0.3) is 0 Å². The number of aromatic nitrogens is 2. The molecule has 178 valence electrons. The van der Waals surface area contributed by atoms with Gasteiger partial charge in [0.05, 0.1) is 5.69 Å². The van der Waals surface area contributed by atoms with Crippen molar-refractivity contribution in [3.8, 4) is 17.1 Å². The molecular formula is C28H33N3O3. The minimum Gasteiger partial charge on any atom is -0.489 e. The van der Waals surface area contributed by atoms with Crippen LogP contribution in [0.4, 0.5) is 0 Å². The number of aryl methyl sites for hydroxylation is 2. The summed E-state index contributed by atoms with van der Waals surface area (Å²) in [6.45, 7) is 9.19. The minimum atomic E-state index is -0.740. The second kappa shape index (κ2) is 10.8. The number of benzene rings is 2. The van der Waals surface area contributed by atoms with Crippen LogP contribution in [0.2, 0.25) is 0 Å². The van der Waals surface area contributed by atoms with Crippen molar-refractivity contribution in [3.05, 3.63) is 76.6 Å². The van der Waals surface area contributed by atoms with Gasteiger partial charge in [0, 0.05) is 49.8 Å². The molecule has 2 heterocycles. The Labute approximate surface area is 201 Å². The van der Waals surface area contributed by atoms with Crippen LogP contribution in [0.25, 0.3) is 11.4 Å². The number of nitrogens with zero attached hydrogens (tertiary/aromatic N) is 3. The maximum atomic E-state index is 10.9. The lowest BCUT2D eigenvalue weighted by atomic mass is 10.0. The van der Waals surface area contributed by atoms with Gasteiger partial charge in [0.2, 0.25) is 0 Å². The predicted molar refractivity (Wildman–Crippen MR) is 133 cm³/mol. The van der Waals surface area contributed by atoms with Gasteiger partial charge >= 0.3 is 5.97 Å². The first-order valence-corrected chi connectivity index (χ1v) is 12.0. The van der Waals surface area contributed by atoms with Crippen molar-refractivity contribution in [1.29, 1.82) is 0 Å². The molecule has 4 rings (SSSR count). The molecule has 1 N–H and O–H groups in total. The second-order valence-corrected chi connectivity index (χ2v) is 9.24. The van der Waals surface area contributed by atoms with Crippen LogP contribution in [0, 0.1) is 12.8 Å². The molecule has 0 spiro atoms. The molecule has 1 aromatic heterocycles. The van der Waals surface area contributed by atoms with E-state index in [1.165, 1.54) is 11.1 Å². The maximum Gasteiger partial charge on any atom is 0.303 e. The molecule has 2 aromatic carbocycles. The Bertz CT molecular complexity index is 1160. The van der Waals surface area contributed by atoms with Crippen molar-refractivity contribution >= 4 is 5.97 Å². The van der Waals surface area contributed by atoms with Gasteiger partial charge in [0.15, 0.2) is 5.82 Å². The Morgan fingerprint density at radius 1 is 1.21 bits per heavy atom. The predicted octanol–water partition coefficient (Wildman–Crippen LogP) is 5.06. The van der Waals surface area contributed by atoms with Gasteiger partial charge in [-0.1, -0.05) is 38.1 Å². The highest BCUT2D eigenvalue weighted by Crippen LogP contribution is 2.27. The normalized spacial score (nSPS) is 14.4. The van der Waals surface area contributed by atoms with Gasteiger partial charge in [-0.2, -0.15) is 0 Å². The molecule has 1 unspecified atom stereocenters. The van der Waals surface area contributed by atoms with Crippen LogP contribution in [0.15, 0.2) is 48.7 Å². The van der Waals surface area contributed by atoms with Gasteiger partial charge in [0.1, 0.15) is 12.4 Å². The van der Waals surface area contributed by atoms with E-state index in [-0.39, 0.29) is 12.3 Å². The van der Waals surface area contributed by atoms with Crippen molar-refractivity contribution in [2.45, 2.75) is 53.2 Å². The fourth-order valence-corrected chi connectivity index (χ4v) is 4.62. The average molecular weight is 460 g/mol. The minimum absolute atomic E-state index is 0.124. The van der Waals surface area contributed by atoms with Crippen LogP contribution in [-0.2, 0) is 30.8 Å². The topological polar surface area (TPSA) is 75.6 Å².